The number of rotatable bonds is 4. The molecule has 25 heavy (non-hydrogen) atoms. The first-order chi connectivity index (χ1) is 11.9. The number of nitrogens with zero attached hydrogens (tertiary/aromatic N) is 1. The molecule has 132 valence electrons. The van der Waals surface area contributed by atoms with E-state index in [1.54, 1.807) is 30.0 Å². The molecule has 1 heterocycles. The second kappa shape index (κ2) is 6.97. The smallest absolute Gasteiger partial charge is 0.268 e. The summed E-state index contributed by atoms with van der Waals surface area (Å²) in [6, 6.07) is 12.0. The number of para-hydroxylation sites is 1. The predicted octanol–water partition coefficient (Wildman–Crippen LogP) is 2.95. The lowest BCUT2D eigenvalue weighted by molar-refractivity contribution is -0.114. The van der Waals surface area contributed by atoms with Crippen LogP contribution < -0.4 is 14.4 Å². The first-order valence-corrected chi connectivity index (χ1v) is 10.1. The van der Waals surface area contributed by atoms with Crippen LogP contribution in [0.3, 0.4) is 0 Å². The SMILES string of the molecule is COc1ccc(NC(C)=O)cc1S(=O)(=O)N1CCSc2ccccc21. The van der Waals surface area contributed by atoms with Gasteiger partial charge in [-0.15, -0.1) is 11.8 Å². The van der Waals surface area contributed by atoms with E-state index in [1.165, 1.54) is 24.4 Å². The Morgan fingerprint density at radius 2 is 2.00 bits per heavy atom. The largest absolute Gasteiger partial charge is 0.495 e. The number of methoxy groups -OCH3 is 1. The summed E-state index contributed by atoms with van der Waals surface area (Å²) in [6.07, 6.45) is 0. The van der Waals surface area contributed by atoms with Gasteiger partial charge in [-0.3, -0.25) is 9.10 Å². The molecule has 3 rings (SSSR count). The molecule has 0 bridgehead atoms. The van der Waals surface area contributed by atoms with Crippen LogP contribution in [0.5, 0.6) is 5.75 Å². The number of hydrogen-bond donors (Lipinski definition) is 1. The van der Waals surface area contributed by atoms with E-state index in [9.17, 15) is 13.2 Å². The summed E-state index contributed by atoms with van der Waals surface area (Å²) in [5.41, 5.74) is 1.07. The van der Waals surface area contributed by atoms with Crippen molar-refractivity contribution in [3.8, 4) is 5.75 Å². The molecule has 0 atom stereocenters. The van der Waals surface area contributed by atoms with Gasteiger partial charge >= 0.3 is 0 Å². The quantitative estimate of drug-likeness (QED) is 0.885. The standard InChI is InChI=1S/C17H18N2O4S2/c1-12(20)18-13-7-8-15(23-2)17(11-13)25(21,22)19-9-10-24-16-6-4-3-5-14(16)19/h3-8,11H,9-10H2,1-2H3,(H,18,20). The molecule has 1 N–H and O–H groups in total. The van der Waals surface area contributed by atoms with E-state index in [0.29, 0.717) is 23.7 Å². The van der Waals surface area contributed by atoms with Crippen molar-refractivity contribution >= 4 is 39.1 Å². The van der Waals surface area contributed by atoms with Crippen LogP contribution in [0.4, 0.5) is 11.4 Å². The zero-order chi connectivity index (χ0) is 18.0. The van der Waals surface area contributed by atoms with E-state index < -0.39 is 10.0 Å². The number of fused-ring (bicyclic) bond motifs is 1. The van der Waals surface area contributed by atoms with Gasteiger partial charge in [0.2, 0.25) is 5.91 Å². The van der Waals surface area contributed by atoms with E-state index >= 15 is 0 Å². The van der Waals surface area contributed by atoms with Gasteiger partial charge in [0, 0.05) is 29.8 Å². The topological polar surface area (TPSA) is 75.7 Å². The molecule has 0 unspecified atom stereocenters. The van der Waals surface area contributed by atoms with E-state index in [-0.39, 0.29) is 16.6 Å². The molecule has 1 aliphatic heterocycles. The summed E-state index contributed by atoms with van der Waals surface area (Å²) in [7, 11) is -2.41. The van der Waals surface area contributed by atoms with Gasteiger partial charge in [0.25, 0.3) is 10.0 Å². The minimum absolute atomic E-state index is 0.0305. The number of carbonyl (C=O) groups excluding carboxylic acids is 1. The first kappa shape index (κ1) is 17.6. The number of carbonyl (C=O) groups is 1. The van der Waals surface area contributed by atoms with Crippen LogP contribution in [0.1, 0.15) is 6.92 Å². The molecule has 2 aromatic rings. The molecule has 1 aliphatic rings. The van der Waals surface area contributed by atoms with Crippen molar-refractivity contribution in [2.75, 3.05) is 29.0 Å². The highest BCUT2D eigenvalue weighted by atomic mass is 32.2. The number of benzene rings is 2. The Labute approximate surface area is 151 Å². The Bertz CT molecular complexity index is 913. The molecule has 6 nitrogen and oxygen atoms in total. The molecule has 0 fully saturated rings. The normalized spacial score (nSPS) is 13.9. The highest BCUT2D eigenvalue weighted by molar-refractivity contribution is 8.00. The Balaban J connectivity index is 2.10. The van der Waals surface area contributed by atoms with Gasteiger partial charge in [0.1, 0.15) is 10.6 Å². The van der Waals surface area contributed by atoms with Crippen molar-refractivity contribution < 1.29 is 17.9 Å². The molecule has 2 aromatic carbocycles. The van der Waals surface area contributed by atoms with Gasteiger partial charge in [0.05, 0.1) is 12.8 Å². The zero-order valence-electron chi connectivity index (χ0n) is 13.9. The average molecular weight is 378 g/mol. The summed E-state index contributed by atoms with van der Waals surface area (Å²) in [5, 5.41) is 2.61. The van der Waals surface area contributed by atoms with Crippen LogP contribution in [0.2, 0.25) is 0 Å². The number of sulfonamides is 1. The van der Waals surface area contributed by atoms with Crippen molar-refractivity contribution in [3.63, 3.8) is 0 Å². The molecular weight excluding hydrogens is 360 g/mol. The van der Waals surface area contributed by atoms with Crippen LogP contribution in [0.25, 0.3) is 0 Å². The third-order valence-corrected chi connectivity index (χ3v) is 6.62. The number of ether oxygens (including phenoxy) is 1. The van der Waals surface area contributed by atoms with Crippen LogP contribution in [0, 0.1) is 0 Å². The number of nitrogens with one attached hydrogen (secondary N) is 1. The zero-order valence-corrected chi connectivity index (χ0v) is 15.5. The minimum atomic E-state index is -3.83. The molecule has 0 spiro atoms. The third kappa shape index (κ3) is 3.45. The second-order valence-corrected chi connectivity index (χ2v) is 8.41. The summed E-state index contributed by atoms with van der Waals surface area (Å²) in [4.78, 5) is 12.2. The Hall–Kier alpha value is -2.19. The van der Waals surface area contributed by atoms with Crippen LogP contribution in [-0.4, -0.2) is 33.7 Å². The number of hydrogen-bond acceptors (Lipinski definition) is 5. The molecule has 0 aromatic heterocycles. The van der Waals surface area contributed by atoms with Gasteiger partial charge in [0.15, 0.2) is 0 Å². The Kier molecular flexibility index (Phi) is 4.91. The number of amides is 1. The molecule has 0 saturated carbocycles. The van der Waals surface area contributed by atoms with Gasteiger partial charge in [-0.1, -0.05) is 12.1 Å². The second-order valence-electron chi connectivity index (χ2n) is 5.44. The molecule has 0 aliphatic carbocycles. The average Bonchev–Trinajstić information content (AvgIpc) is 2.60. The van der Waals surface area contributed by atoms with Crippen molar-refractivity contribution in [2.24, 2.45) is 0 Å². The van der Waals surface area contributed by atoms with Gasteiger partial charge in [-0.05, 0) is 30.3 Å². The highest BCUT2D eigenvalue weighted by Crippen LogP contribution is 2.39. The van der Waals surface area contributed by atoms with E-state index in [2.05, 4.69) is 5.32 Å². The van der Waals surface area contributed by atoms with Gasteiger partial charge in [-0.25, -0.2) is 8.42 Å². The maximum Gasteiger partial charge on any atom is 0.268 e. The van der Waals surface area contributed by atoms with Crippen molar-refractivity contribution in [1.82, 2.24) is 0 Å². The van der Waals surface area contributed by atoms with Gasteiger partial charge < -0.3 is 10.1 Å². The molecule has 8 heteroatoms. The first-order valence-electron chi connectivity index (χ1n) is 7.63. The summed E-state index contributed by atoms with van der Waals surface area (Å²) >= 11 is 1.63. The summed E-state index contributed by atoms with van der Waals surface area (Å²) in [6.45, 7) is 1.74. The molecule has 1 amide bonds. The van der Waals surface area contributed by atoms with E-state index in [0.717, 1.165) is 4.90 Å². The molecule has 0 saturated heterocycles. The minimum Gasteiger partial charge on any atom is -0.495 e. The fraction of sp³-hybridized carbons (Fsp3) is 0.235. The molecule has 0 radical (unpaired) electrons. The summed E-state index contributed by atoms with van der Waals surface area (Å²) < 4.78 is 33.2. The van der Waals surface area contributed by atoms with Crippen LogP contribution in [-0.2, 0) is 14.8 Å². The lowest BCUT2D eigenvalue weighted by Gasteiger charge is -2.30. The Morgan fingerprint density at radius 3 is 2.72 bits per heavy atom. The predicted molar refractivity (Wildman–Crippen MR) is 99.0 cm³/mol. The van der Waals surface area contributed by atoms with Crippen molar-refractivity contribution in [2.45, 2.75) is 16.7 Å². The molecular formula is C17H18N2O4S2. The summed E-state index contributed by atoms with van der Waals surface area (Å²) in [5.74, 6) is 0.641. The lowest BCUT2D eigenvalue weighted by Crippen LogP contribution is -2.35. The maximum atomic E-state index is 13.3. The van der Waals surface area contributed by atoms with Crippen molar-refractivity contribution in [1.29, 1.82) is 0 Å². The lowest BCUT2D eigenvalue weighted by atomic mass is 10.3. The number of anilines is 2. The highest BCUT2D eigenvalue weighted by Gasteiger charge is 2.31. The van der Waals surface area contributed by atoms with Crippen LogP contribution in [0.15, 0.2) is 52.3 Å². The number of thioether (sulfide) groups is 1. The van der Waals surface area contributed by atoms with Gasteiger partial charge in [-0.2, -0.15) is 0 Å². The van der Waals surface area contributed by atoms with E-state index in [4.69, 9.17) is 4.74 Å². The van der Waals surface area contributed by atoms with Crippen LogP contribution >= 0.6 is 11.8 Å². The fourth-order valence-corrected chi connectivity index (χ4v) is 5.51. The van der Waals surface area contributed by atoms with Crippen molar-refractivity contribution in [3.05, 3.63) is 42.5 Å². The third-order valence-electron chi connectivity index (χ3n) is 3.74. The fourth-order valence-electron chi connectivity index (χ4n) is 2.67. The monoisotopic (exact) mass is 378 g/mol. The Morgan fingerprint density at radius 1 is 1.24 bits per heavy atom. The maximum absolute atomic E-state index is 13.3. The van der Waals surface area contributed by atoms with E-state index in [1.807, 2.05) is 18.2 Å².